The molecule has 1 aromatic rings. The number of hydrogen-bond acceptors (Lipinski definition) is 7. The number of aryl methyl sites for hydroxylation is 1. The molecule has 1 atom stereocenters. The first-order chi connectivity index (χ1) is 14.5. The third-order valence-corrected chi connectivity index (χ3v) is 5.26. The van der Waals surface area contributed by atoms with Crippen molar-refractivity contribution in [3.8, 4) is 0 Å². The number of halogens is 3. The number of carbonyl (C=O) groups excluding carboxylic acids is 2. The van der Waals surface area contributed by atoms with Crippen LogP contribution in [0.2, 0.25) is 0 Å². The van der Waals surface area contributed by atoms with Crippen LogP contribution in [-0.2, 0) is 14.3 Å². The maximum Gasteiger partial charge on any atom is 0.411 e. The molecule has 0 saturated carbocycles. The van der Waals surface area contributed by atoms with Gasteiger partial charge in [-0.2, -0.15) is 18.2 Å². The Hall–Kier alpha value is -2.63. The maximum atomic E-state index is 12.4. The van der Waals surface area contributed by atoms with Crippen molar-refractivity contribution in [3.63, 3.8) is 0 Å². The van der Waals surface area contributed by atoms with Gasteiger partial charge in [0.05, 0.1) is 24.8 Å². The summed E-state index contributed by atoms with van der Waals surface area (Å²) < 4.78 is 40.6. The highest BCUT2D eigenvalue weighted by Crippen LogP contribution is 2.34. The third kappa shape index (κ3) is 5.35. The molecule has 1 aromatic heterocycles. The molecule has 172 valence electrons. The van der Waals surface area contributed by atoms with Crippen molar-refractivity contribution in [3.05, 3.63) is 5.69 Å². The van der Waals surface area contributed by atoms with Crippen LogP contribution in [0.25, 0.3) is 0 Å². The number of hydrogen-bond donors (Lipinski definition) is 2. The zero-order chi connectivity index (χ0) is 22.9. The molecule has 0 spiro atoms. The van der Waals surface area contributed by atoms with Crippen LogP contribution < -0.4 is 15.5 Å². The van der Waals surface area contributed by atoms with Crippen molar-refractivity contribution in [1.29, 1.82) is 0 Å². The molecular weight excluding hydrogens is 417 g/mol. The summed E-state index contributed by atoms with van der Waals surface area (Å²) in [5.41, 5.74) is 1.21. The van der Waals surface area contributed by atoms with Crippen LogP contribution >= 0.6 is 0 Å². The lowest BCUT2D eigenvalue weighted by Crippen LogP contribution is -2.57. The SMILES string of the molecule is Cc1nc(NC2CN(C(=O)CCOCC(F)(F)F)C2)nc2c1NC(=O)[C@H](C(C)C)N2C. The summed E-state index contributed by atoms with van der Waals surface area (Å²) in [7, 11) is 1.82. The Morgan fingerprint density at radius 3 is 2.61 bits per heavy atom. The maximum absolute atomic E-state index is 12.4. The second-order valence-corrected chi connectivity index (χ2v) is 8.18. The number of likely N-dealkylation sites (tertiary alicyclic amines) is 1. The van der Waals surface area contributed by atoms with Crippen LogP contribution in [0.3, 0.4) is 0 Å². The zero-order valence-corrected chi connectivity index (χ0v) is 17.9. The highest BCUT2D eigenvalue weighted by molar-refractivity contribution is 6.03. The predicted molar refractivity (Wildman–Crippen MR) is 108 cm³/mol. The van der Waals surface area contributed by atoms with Crippen LogP contribution in [0, 0.1) is 12.8 Å². The Bertz CT molecular complexity index is 842. The van der Waals surface area contributed by atoms with Gasteiger partial charge in [0.15, 0.2) is 5.82 Å². The highest BCUT2D eigenvalue weighted by atomic mass is 19.4. The summed E-state index contributed by atoms with van der Waals surface area (Å²) in [6, 6.07) is -0.409. The van der Waals surface area contributed by atoms with E-state index in [1.165, 1.54) is 0 Å². The quantitative estimate of drug-likeness (QED) is 0.619. The van der Waals surface area contributed by atoms with Crippen molar-refractivity contribution in [1.82, 2.24) is 14.9 Å². The summed E-state index contributed by atoms with van der Waals surface area (Å²) in [6.07, 6.45) is -4.49. The van der Waals surface area contributed by atoms with Crippen LogP contribution in [0.4, 0.5) is 30.6 Å². The molecule has 0 aliphatic carbocycles. The van der Waals surface area contributed by atoms with Gasteiger partial charge in [-0.3, -0.25) is 9.59 Å². The topological polar surface area (TPSA) is 99.7 Å². The summed E-state index contributed by atoms with van der Waals surface area (Å²) in [5.74, 6) is 0.764. The molecule has 3 rings (SSSR count). The van der Waals surface area contributed by atoms with Crippen molar-refractivity contribution in [2.75, 3.05) is 48.9 Å². The number of amides is 2. The predicted octanol–water partition coefficient (Wildman–Crippen LogP) is 1.79. The Morgan fingerprint density at radius 1 is 1.32 bits per heavy atom. The summed E-state index contributed by atoms with van der Waals surface area (Å²) in [4.78, 5) is 36.8. The number of likely N-dealkylation sites (N-methyl/N-ethyl adjacent to an activating group) is 1. The summed E-state index contributed by atoms with van der Waals surface area (Å²) >= 11 is 0. The third-order valence-electron chi connectivity index (χ3n) is 5.26. The normalized spacial score (nSPS) is 19.2. The Morgan fingerprint density at radius 2 is 2.00 bits per heavy atom. The van der Waals surface area contributed by atoms with Crippen LogP contribution in [0.15, 0.2) is 0 Å². The molecule has 0 radical (unpaired) electrons. The van der Waals surface area contributed by atoms with Crippen molar-refractivity contribution < 1.29 is 27.5 Å². The van der Waals surface area contributed by atoms with E-state index < -0.39 is 12.8 Å². The minimum absolute atomic E-state index is 0.0677. The van der Waals surface area contributed by atoms with E-state index >= 15 is 0 Å². The lowest BCUT2D eigenvalue weighted by molar-refractivity contribution is -0.175. The molecule has 12 heteroatoms. The average molecular weight is 444 g/mol. The van der Waals surface area contributed by atoms with E-state index in [1.807, 2.05) is 25.8 Å². The van der Waals surface area contributed by atoms with Gasteiger partial charge in [0.25, 0.3) is 0 Å². The molecule has 2 aliphatic rings. The number of anilines is 3. The Kier molecular flexibility index (Phi) is 6.58. The van der Waals surface area contributed by atoms with E-state index in [4.69, 9.17) is 0 Å². The number of rotatable bonds is 7. The van der Waals surface area contributed by atoms with Gasteiger partial charge in [-0.1, -0.05) is 13.8 Å². The smallest absolute Gasteiger partial charge is 0.372 e. The van der Waals surface area contributed by atoms with Gasteiger partial charge in [0, 0.05) is 20.1 Å². The average Bonchev–Trinajstić information content (AvgIpc) is 2.61. The molecule has 1 fully saturated rings. The van der Waals surface area contributed by atoms with Gasteiger partial charge < -0.3 is 25.2 Å². The van der Waals surface area contributed by atoms with E-state index in [2.05, 4.69) is 25.3 Å². The van der Waals surface area contributed by atoms with E-state index in [-0.39, 0.29) is 42.8 Å². The van der Waals surface area contributed by atoms with Gasteiger partial charge in [0.2, 0.25) is 17.8 Å². The number of fused-ring (bicyclic) bond motifs is 1. The monoisotopic (exact) mass is 444 g/mol. The Labute approximate surface area is 178 Å². The van der Waals surface area contributed by atoms with E-state index in [0.717, 1.165) is 0 Å². The minimum atomic E-state index is -4.39. The van der Waals surface area contributed by atoms with Gasteiger partial charge in [-0.15, -0.1) is 0 Å². The van der Waals surface area contributed by atoms with Crippen molar-refractivity contribution in [2.24, 2.45) is 5.92 Å². The van der Waals surface area contributed by atoms with Crippen molar-refractivity contribution >= 4 is 29.3 Å². The number of nitrogens with zero attached hydrogens (tertiary/aromatic N) is 4. The number of aromatic nitrogens is 2. The van der Waals surface area contributed by atoms with Gasteiger partial charge >= 0.3 is 6.18 Å². The summed E-state index contributed by atoms with van der Waals surface area (Å²) in [5, 5.41) is 6.07. The molecule has 1 saturated heterocycles. The second-order valence-electron chi connectivity index (χ2n) is 8.18. The number of ether oxygens (including phenoxy) is 1. The molecule has 0 aromatic carbocycles. The molecule has 2 amide bonds. The second kappa shape index (κ2) is 8.85. The number of nitrogens with one attached hydrogen (secondary N) is 2. The molecule has 2 aliphatic heterocycles. The number of alkyl halides is 3. The first-order valence-corrected chi connectivity index (χ1v) is 10.1. The molecule has 3 heterocycles. The van der Waals surface area contributed by atoms with Gasteiger partial charge in [-0.25, -0.2) is 4.98 Å². The van der Waals surface area contributed by atoms with Crippen LogP contribution in [-0.4, -0.2) is 78.3 Å². The summed E-state index contributed by atoms with van der Waals surface area (Å²) in [6.45, 7) is 4.89. The molecule has 2 N–H and O–H groups in total. The fourth-order valence-electron chi connectivity index (χ4n) is 3.74. The zero-order valence-electron chi connectivity index (χ0n) is 17.9. The lowest BCUT2D eigenvalue weighted by Gasteiger charge is -2.40. The fourth-order valence-corrected chi connectivity index (χ4v) is 3.74. The van der Waals surface area contributed by atoms with Crippen LogP contribution in [0.5, 0.6) is 0 Å². The molecular formula is C19H27F3N6O3. The molecule has 9 nitrogen and oxygen atoms in total. The highest BCUT2D eigenvalue weighted by Gasteiger charge is 2.36. The molecule has 0 unspecified atom stereocenters. The molecule has 0 bridgehead atoms. The fraction of sp³-hybridized carbons (Fsp3) is 0.684. The van der Waals surface area contributed by atoms with E-state index in [1.54, 1.807) is 11.8 Å². The lowest BCUT2D eigenvalue weighted by atomic mass is 9.99. The number of carbonyl (C=O) groups is 2. The van der Waals surface area contributed by atoms with Gasteiger partial charge in [-0.05, 0) is 12.8 Å². The first-order valence-electron chi connectivity index (χ1n) is 10.1. The van der Waals surface area contributed by atoms with Crippen LogP contribution in [0.1, 0.15) is 26.0 Å². The Balaban J connectivity index is 1.54. The first kappa shape index (κ1) is 23.0. The van der Waals surface area contributed by atoms with E-state index in [0.29, 0.717) is 36.2 Å². The van der Waals surface area contributed by atoms with Crippen molar-refractivity contribution in [2.45, 2.75) is 45.5 Å². The van der Waals surface area contributed by atoms with Gasteiger partial charge in [0.1, 0.15) is 18.3 Å². The molecule has 31 heavy (non-hydrogen) atoms. The standard InChI is InChI=1S/C19H27F3N6O3/c1-10(2)15-17(30)25-14-11(3)23-18(26-16(14)27(15)4)24-12-7-28(8-12)13(29)5-6-31-9-19(20,21)22/h10,12,15H,5-9H2,1-4H3,(H,25,30)(H,23,24,26)/t15-/m0/s1. The minimum Gasteiger partial charge on any atom is -0.372 e. The van der Waals surface area contributed by atoms with E-state index in [9.17, 15) is 22.8 Å². The largest absolute Gasteiger partial charge is 0.411 e.